The number of hydrogen-bond acceptors (Lipinski definition) is 3. The van der Waals surface area contributed by atoms with Crippen LogP contribution in [-0.4, -0.2) is 16.9 Å². The maximum absolute atomic E-state index is 12.4. The fraction of sp³-hybridized carbons (Fsp3) is 0.429. The SMILES string of the molecule is CCCCCCCCc1ccc(/C=C/c2cnc(C(=O)C(F)(F)F)s2)cc1. The third-order valence-electron chi connectivity index (χ3n) is 4.21. The van der Waals surface area contributed by atoms with E-state index in [9.17, 15) is 18.0 Å². The topological polar surface area (TPSA) is 30.0 Å². The van der Waals surface area contributed by atoms with Crippen LogP contribution < -0.4 is 0 Å². The van der Waals surface area contributed by atoms with Crippen LogP contribution in [0.25, 0.3) is 12.2 Å². The van der Waals surface area contributed by atoms with Gasteiger partial charge in [-0.25, -0.2) is 4.98 Å². The van der Waals surface area contributed by atoms with Crippen LogP contribution in [-0.2, 0) is 6.42 Å². The molecule has 2 rings (SSSR count). The summed E-state index contributed by atoms with van der Waals surface area (Å²) in [6, 6.07) is 8.14. The van der Waals surface area contributed by atoms with Gasteiger partial charge in [0, 0.05) is 11.1 Å². The lowest BCUT2D eigenvalue weighted by molar-refractivity contribution is -0.0885. The number of ketones is 1. The predicted molar refractivity (Wildman–Crippen MR) is 105 cm³/mol. The molecule has 1 aromatic heterocycles. The second kappa shape index (κ2) is 10.4. The summed E-state index contributed by atoms with van der Waals surface area (Å²) in [6.07, 6.45) is 8.57. The summed E-state index contributed by atoms with van der Waals surface area (Å²) in [5.74, 6) is -1.90. The Labute approximate surface area is 162 Å². The summed E-state index contributed by atoms with van der Waals surface area (Å²) in [5, 5.41) is -0.531. The van der Waals surface area contributed by atoms with Crippen molar-refractivity contribution >= 4 is 29.3 Å². The molecule has 0 spiro atoms. The Morgan fingerprint density at radius 2 is 1.70 bits per heavy atom. The van der Waals surface area contributed by atoms with Crippen LogP contribution in [0.4, 0.5) is 13.2 Å². The van der Waals surface area contributed by atoms with Gasteiger partial charge in [-0.2, -0.15) is 13.2 Å². The van der Waals surface area contributed by atoms with E-state index in [0.717, 1.165) is 23.3 Å². The van der Waals surface area contributed by atoms with Crippen molar-refractivity contribution in [2.45, 2.75) is 58.0 Å². The maximum Gasteiger partial charge on any atom is 0.457 e. The standard InChI is InChI=1S/C21H24F3NOS/c1-2-3-4-5-6-7-8-16-9-11-17(12-10-16)13-14-18-15-25-20(27-18)19(26)21(22,23)24/h9-15H,2-8H2,1H3/b14-13+. The summed E-state index contributed by atoms with van der Waals surface area (Å²) in [4.78, 5) is 15.2. The largest absolute Gasteiger partial charge is 0.457 e. The molecule has 0 aliphatic rings. The van der Waals surface area contributed by atoms with E-state index in [-0.39, 0.29) is 0 Å². The zero-order valence-electron chi connectivity index (χ0n) is 15.4. The molecule has 0 radical (unpaired) electrons. The first-order valence-electron chi connectivity index (χ1n) is 9.24. The van der Waals surface area contributed by atoms with Crippen molar-refractivity contribution in [1.29, 1.82) is 0 Å². The molecule has 0 saturated carbocycles. The number of thiazole rings is 1. The number of rotatable bonds is 10. The minimum atomic E-state index is -4.88. The molecular weight excluding hydrogens is 371 g/mol. The summed E-state index contributed by atoms with van der Waals surface area (Å²) < 4.78 is 37.2. The molecule has 0 saturated heterocycles. The maximum atomic E-state index is 12.4. The van der Waals surface area contributed by atoms with Crippen molar-refractivity contribution in [3.8, 4) is 0 Å². The third kappa shape index (κ3) is 7.29. The molecule has 1 heterocycles. The molecule has 1 aromatic carbocycles. The molecule has 0 aliphatic heterocycles. The molecule has 2 aromatic rings. The number of carbonyl (C=O) groups is 1. The molecule has 0 aliphatic carbocycles. The first kappa shape index (κ1) is 21.4. The van der Waals surface area contributed by atoms with E-state index in [2.05, 4.69) is 24.0 Å². The Morgan fingerprint density at radius 1 is 1.04 bits per heavy atom. The molecule has 6 heteroatoms. The number of unbranched alkanes of at least 4 members (excludes halogenated alkanes) is 5. The van der Waals surface area contributed by atoms with Gasteiger partial charge < -0.3 is 0 Å². The minimum absolute atomic E-state index is 0.513. The Kier molecular flexibility index (Phi) is 8.23. The summed E-state index contributed by atoms with van der Waals surface area (Å²) in [7, 11) is 0. The number of benzene rings is 1. The van der Waals surface area contributed by atoms with Gasteiger partial charge in [-0.3, -0.25) is 4.79 Å². The van der Waals surface area contributed by atoms with Crippen molar-refractivity contribution in [1.82, 2.24) is 4.98 Å². The van der Waals surface area contributed by atoms with Gasteiger partial charge in [0.25, 0.3) is 5.78 Å². The van der Waals surface area contributed by atoms with E-state index in [1.54, 1.807) is 6.08 Å². The van der Waals surface area contributed by atoms with Crippen molar-refractivity contribution in [2.75, 3.05) is 0 Å². The Balaban J connectivity index is 1.84. The average Bonchev–Trinajstić information content (AvgIpc) is 3.11. The number of Topliss-reactive ketones (excluding diaryl/α,β-unsaturated/α-hetero) is 1. The van der Waals surface area contributed by atoms with E-state index in [1.165, 1.54) is 50.3 Å². The highest BCUT2D eigenvalue weighted by Crippen LogP contribution is 2.25. The quantitative estimate of drug-likeness (QED) is 0.321. The molecular formula is C21H24F3NOS. The van der Waals surface area contributed by atoms with E-state index < -0.39 is 17.0 Å². The second-order valence-corrected chi connectivity index (χ2v) is 7.55. The third-order valence-corrected chi connectivity index (χ3v) is 5.18. The molecule has 0 atom stereocenters. The molecule has 0 fully saturated rings. The van der Waals surface area contributed by atoms with E-state index in [1.807, 2.05) is 18.2 Å². The highest BCUT2D eigenvalue weighted by atomic mass is 32.1. The fourth-order valence-corrected chi connectivity index (χ4v) is 3.45. The first-order chi connectivity index (χ1) is 12.9. The summed E-state index contributed by atoms with van der Waals surface area (Å²) >= 11 is 0.742. The van der Waals surface area contributed by atoms with Gasteiger partial charge in [0.1, 0.15) is 0 Å². The minimum Gasteiger partial charge on any atom is -0.281 e. The smallest absolute Gasteiger partial charge is 0.281 e. The Morgan fingerprint density at radius 3 is 2.37 bits per heavy atom. The van der Waals surface area contributed by atoms with Gasteiger partial charge in [0.05, 0.1) is 0 Å². The first-order valence-corrected chi connectivity index (χ1v) is 10.1. The van der Waals surface area contributed by atoms with Crippen LogP contribution in [0.2, 0.25) is 0 Å². The van der Waals surface area contributed by atoms with E-state index in [0.29, 0.717) is 4.88 Å². The van der Waals surface area contributed by atoms with Gasteiger partial charge in [0.15, 0.2) is 5.01 Å². The van der Waals surface area contributed by atoms with Gasteiger partial charge in [-0.15, -0.1) is 11.3 Å². The lowest BCUT2D eigenvalue weighted by Gasteiger charge is -2.03. The highest BCUT2D eigenvalue weighted by molar-refractivity contribution is 7.14. The van der Waals surface area contributed by atoms with Crippen LogP contribution in [0.3, 0.4) is 0 Å². The predicted octanol–water partition coefficient (Wildman–Crippen LogP) is 6.96. The van der Waals surface area contributed by atoms with Crippen molar-refractivity contribution < 1.29 is 18.0 Å². The highest BCUT2D eigenvalue weighted by Gasteiger charge is 2.41. The molecule has 27 heavy (non-hydrogen) atoms. The molecule has 0 unspecified atom stereocenters. The lowest BCUT2D eigenvalue weighted by Crippen LogP contribution is -2.22. The summed E-state index contributed by atoms with van der Waals surface area (Å²) in [6.45, 7) is 2.21. The number of hydrogen-bond donors (Lipinski definition) is 0. The van der Waals surface area contributed by atoms with Crippen LogP contribution in [0, 0.1) is 0 Å². The monoisotopic (exact) mass is 395 g/mol. The van der Waals surface area contributed by atoms with Crippen LogP contribution in [0.1, 0.15) is 71.3 Å². The normalized spacial score (nSPS) is 12.0. The number of alkyl halides is 3. The second-order valence-electron chi connectivity index (χ2n) is 6.49. The number of halogens is 3. The number of nitrogens with zero attached hydrogens (tertiary/aromatic N) is 1. The zero-order chi connectivity index (χ0) is 19.7. The van der Waals surface area contributed by atoms with Gasteiger partial charge in [0.2, 0.25) is 0 Å². The van der Waals surface area contributed by atoms with Crippen LogP contribution >= 0.6 is 11.3 Å². The van der Waals surface area contributed by atoms with E-state index >= 15 is 0 Å². The molecule has 0 amide bonds. The average molecular weight is 395 g/mol. The molecule has 146 valence electrons. The fourth-order valence-electron chi connectivity index (χ4n) is 2.67. The van der Waals surface area contributed by atoms with Gasteiger partial charge in [-0.1, -0.05) is 69.4 Å². The Hall–Kier alpha value is -1.95. The van der Waals surface area contributed by atoms with Crippen molar-refractivity contribution in [3.05, 3.63) is 51.5 Å². The van der Waals surface area contributed by atoms with Crippen molar-refractivity contribution in [2.24, 2.45) is 0 Å². The van der Waals surface area contributed by atoms with E-state index in [4.69, 9.17) is 0 Å². The number of aromatic nitrogens is 1. The van der Waals surface area contributed by atoms with Crippen LogP contribution in [0.15, 0.2) is 30.5 Å². The summed E-state index contributed by atoms with van der Waals surface area (Å²) in [5.41, 5.74) is 2.25. The zero-order valence-corrected chi connectivity index (χ0v) is 16.2. The molecule has 0 bridgehead atoms. The van der Waals surface area contributed by atoms with Crippen molar-refractivity contribution in [3.63, 3.8) is 0 Å². The number of carbonyl (C=O) groups excluding carboxylic acids is 1. The van der Waals surface area contributed by atoms with Gasteiger partial charge >= 0.3 is 6.18 Å². The molecule has 2 nitrogen and oxygen atoms in total. The molecule has 0 N–H and O–H groups in total. The Bertz CT molecular complexity index is 748. The van der Waals surface area contributed by atoms with Crippen LogP contribution in [0.5, 0.6) is 0 Å². The van der Waals surface area contributed by atoms with Gasteiger partial charge in [-0.05, 0) is 30.0 Å². The lowest BCUT2D eigenvalue weighted by atomic mass is 10.0. The number of aryl methyl sites for hydroxylation is 1.